The van der Waals surface area contributed by atoms with Crippen LogP contribution in [0.15, 0.2) is 24.3 Å². The predicted octanol–water partition coefficient (Wildman–Crippen LogP) is 11.6. The maximum atomic E-state index is 12.5. The highest BCUT2D eigenvalue weighted by atomic mass is 16.3. The number of nitrogens with one attached hydrogen (secondary N) is 1. The number of aliphatic hydroxyl groups excluding tert-OH is 4. The molecule has 0 fully saturated rings. The highest BCUT2D eigenvalue weighted by Gasteiger charge is 2.28. The van der Waals surface area contributed by atoms with Crippen LogP contribution in [-0.2, 0) is 4.79 Å². The van der Waals surface area contributed by atoms with Gasteiger partial charge in [0.05, 0.1) is 18.8 Å². The Balaban J connectivity index is 3.77. The van der Waals surface area contributed by atoms with Gasteiger partial charge in [-0.15, -0.1) is 0 Å². The number of allylic oxidation sites excluding steroid dienone is 4. The van der Waals surface area contributed by atoms with Gasteiger partial charge in [-0.3, -0.25) is 4.79 Å². The van der Waals surface area contributed by atoms with Crippen LogP contribution >= 0.6 is 0 Å². The van der Waals surface area contributed by atoms with Gasteiger partial charge in [0.15, 0.2) is 0 Å². The second-order valence-electron chi connectivity index (χ2n) is 15.4. The van der Waals surface area contributed by atoms with Crippen molar-refractivity contribution in [2.75, 3.05) is 6.61 Å². The average Bonchev–Trinajstić information content (AvgIpc) is 3.13. The molecule has 0 aliphatic rings. The number of aliphatic hydroxyl groups is 4. The van der Waals surface area contributed by atoms with Crippen molar-refractivity contribution in [2.24, 2.45) is 0 Å². The molecule has 0 aromatic heterocycles. The number of hydrogen-bond acceptors (Lipinski definition) is 5. The van der Waals surface area contributed by atoms with Gasteiger partial charge in [0.2, 0.25) is 5.91 Å². The highest BCUT2D eigenvalue weighted by Crippen LogP contribution is 2.16. The zero-order valence-corrected chi connectivity index (χ0v) is 33.9. The van der Waals surface area contributed by atoms with E-state index in [-0.39, 0.29) is 0 Å². The number of rotatable bonds is 40. The lowest BCUT2D eigenvalue weighted by molar-refractivity contribution is -0.132. The van der Waals surface area contributed by atoms with Crippen LogP contribution in [-0.4, -0.2) is 57.3 Å². The summed E-state index contributed by atoms with van der Waals surface area (Å²) in [7, 11) is 0. The van der Waals surface area contributed by atoms with Gasteiger partial charge in [-0.1, -0.05) is 199 Å². The molecule has 4 unspecified atom stereocenters. The Kier molecular flexibility index (Phi) is 39.0. The van der Waals surface area contributed by atoms with E-state index in [0.29, 0.717) is 19.3 Å². The monoisotopic (exact) mass is 722 g/mol. The van der Waals surface area contributed by atoms with Crippen LogP contribution in [0.25, 0.3) is 0 Å². The van der Waals surface area contributed by atoms with Gasteiger partial charge in [0, 0.05) is 0 Å². The van der Waals surface area contributed by atoms with Gasteiger partial charge < -0.3 is 25.7 Å². The summed E-state index contributed by atoms with van der Waals surface area (Å²) < 4.78 is 0. The number of amides is 1. The largest absolute Gasteiger partial charge is 0.394 e. The number of unbranched alkanes of at least 4 members (excludes halogenated alkanes) is 27. The van der Waals surface area contributed by atoms with E-state index in [0.717, 1.165) is 38.5 Å². The van der Waals surface area contributed by atoms with E-state index in [1.54, 1.807) is 0 Å². The first-order valence-corrected chi connectivity index (χ1v) is 22.2. The molecule has 302 valence electrons. The Morgan fingerprint density at radius 3 is 1.24 bits per heavy atom. The SMILES string of the molecule is CCCCCCCCC/C=C/CC/C=C/CCCC(O)C(O)C(CO)NC(=O)C(O)CCCCCCCCCCCCCCCCCCCCC. The molecule has 4 atom stereocenters. The van der Waals surface area contributed by atoms with E-state index < -0.39 is 36.9 Å². The highest BCUT2D eigenvalue weighted by molar-refractivity contribution is 5.80. The van der Waals surface area contributed by atoms with Crippen LogP contribution in [0.5, 0.6) is 0 Å². The summed E-state index contributed by atoms with van der Waals surface area (Å²) in [5.41, 5.74) is 0. The second-order valence-corrected chi connectivity index (χ2v) is 15.4. The Hall–Kier alpha value is -1.21. The summed E-state index contributed by atoms with van der Waals surface area (Å²) in [5.74, 6) is -0.595. The lowest BCUT2D eigenvalue weighted by atomic mass is 10.00. The number of carbonyl (C=O) groups excluding carboxylic acids is 1. The summed E-state index contributed by atoms with van der Waals surface area (Å²) in [6, 6.07) is -1.00. The van der Waals surface area contributed by atoms with Crippen molar-refractivity contribution in [3.8, 4) is 0 Å². The smallest absolute Gasteiger partial charge is 0.249 e. The third kappa shape index (κ3) is 34.3. The Labute approximate surface area is 316 Å². The molecule has 0 aromatic carbocycles. The molecule has 6 nitrogen and oxygen atoms in total. The minimum atomic E-state index is -1.29. The van der Waals surface area contributed by atoms with Crippen molar-refractivity contribution >= 4 is 5.91 Å². The van der Waals surface area contributed by atoms with Gasteiger partial charge >= 0.3 is 0 Å². The van der Waals surface area contributed by atoms with Crippen LogP contribution in [0.2, 0.25) is 0 Å². The lowest BCUT2D eigenvalue weighted by Gasteiger charge is -2.27. The topological polar surface area (TPSA) is 110 Å². The first kappa shape index (κ1) is 49.8. The minimum absolute atomic E-state index is 0.364. The van der Waals surface area contributed by atoms with Crippen LogP contribution in [0.3, 0.4) is 0 Å². The summed E-state index contributed by atoms with van der Waals surface area (Å²) in [5, 5.41) is 43.6. The standard InChI is InChI=1S/C45H87NO5/c1-3-5-7-9-11-13-15-17-19-21-22-23-25-27-29-31-33-35-37-39-43(49)45(51)46-41(40-47)44(50)42(48)38-36-34-32-30-28-26-24-20-18-16-14-12-10-8-6-4-2/h20,24,30,32,41-44,47-50H,3-19,21-23,25-29,31,33-40H2,1-2H3,(H,46,51)/b24-20+,32-30+. The van der Waals surface area contributed by atoms with Gasteiger partial charge in [-0.2, -0.15) is 0 Å². The van der Waals surface area contributed by atoms with Gasteiger partial charge in [0.1, 0.15) is 12.2 Å². The first-order valence-electron chi connectivity index (χ1n) is 22.2. The average molecular weight is 722 g/mol. The predicted molar refractivity (Wildman–Crippen MR) is 219 cm³/mol. The van der Waals surface area contributed by atoms with Crippen molar-refractivity contribution in [3.05, 3.63) is 24.3 Å². The van der Waals surface area contributed by atoms with E-state index in [2.05, 4.69) is 43.5 Å². The molecule has 0 bridgehead atoms. The van der Waals surface area contributed by atoms with Crippen molar-refractivity contribution in [1.29, 1.82) is 0 Å². The molecule has 0 aliphatic heterocycles. The van der Waals surface area contributed by atoms with Crippen molar-refractivity contribution in [3.63, 3.8) is 0 Å². The van der Waals surface area contributed by atoms with Crippen molar-refractivity contribution < 1.29 is 25.2 Å². The summed E-state index contributed by atoms with van der Waals surface area (Å²) in [4.78, 5) is 12.5. The van der Waals surface area contributed by atoms with Crippen molar-refractivity contribution in [2.45, 2.75) is 250 Å². The fourth-order valence-corrected chi connectivity index (χ4v) is 6.83. The molecule has 0 heterocycles. The fraction of sp³-hybridized carbons (Fsp3) is 0.889. The summed E-state index contributed by atoms with van der Waals surface area (Å²) >= 11 is 0. The number of hydrogen-bond donors (Lipinski definition) is 5. The molecule has 0 spiro atoms. The summed E-state index contributed by atoms with van der Waals surface area (Å²) in [6.07, 6.45) is 44.9. The lowest BCUT2D eigenvalue weighted by Crippen LogP contribution is -2.53. The molecule has 51 heavy (non-hydrogen) atoms. The molecule has 0 saturated heterocycles. The second kappa shape index (κ2) is 40.0. The van der Waals surface area contributed by atoms with Gasteiger partial charge in [-0.25, -0.2) is 0 Å². The van der Waals surface area contributed by atoms with Crippen LogP contribution in [0, 0.1) is 0 Å². The molecule has 6 heteroatoms. The Bertz CT molecular complexity index is 772. The van der Waals surface area contributed by atoms with Crippen LogP contribution < -0.4 is 5.32 Å². The molecular formula is C45H87NO5. The third-order valence-corrected chi connectivity index (χ3v) is 10.4. The van der Waals surface area contributed by atoms with Crippen LogP contribution in [0.1, 0.15) is 226 Å². The Morgan fingerprint density at radius 1 is 0.471 bits per heavy atom. The molecule has 1 amide bonds. The Morgan fingerprint density at radius 2 is 0.824 bits per heavy atom. The maximum absolute atomic E-state index is 12.5. The molecule has 0 saturated carbocycles. The fourth-order valence-electron chi connectivity index (χ4n) is 6.83. The van der Waals surface area contributed by atoms with Crippen molar-refractivity contribution in [1.82, 2.24) is 5.32 Å². The van der Waals surface area contributed by atoms with E-state index in [1.807, 2.05) is 0 Å². The van der Waals surface area contributed by atoms with E-state index >= 15 is 0 Å². The van der Waals surface area contributed by atoms with Gasteiger partial charge in [0.25, 0.3) is 0 Å². The summed E-state index contributed by atoms with van der Waals surface area (Å²) in [6.45, 7) is 4.03. The number of carbonyl (C=O) groups is 1. The molecule has 0 rings (SSSR count). The van der Waals surface area contributed by atoms with Crippen LogP contribution in [0.4, 0.5) is 0 Å². The molecular weight excluding hydrogens is 634 g/mol. The molecule has 5 N–H and O–H groups in total. The minimum Gasteiger partial charge on any atom is -0.394 e. The molecule has 0 aromatic rings. The quantitative estimate of drug-likeness (QED) is 0.0320. The van der Waals surface area contributed by atoms with E-state index in [9.17, 15) is 25.2 Å². The molecule has 0 aliphatic carbocycles. The maximum Gasteiger partial charge on any atom is 0.249 e. The van der Waals surface area contributed by atoms with E-state index in [1.165, 1.54) is 154 Å². The zero-order chi connectivity index (χ0) is 37.5. The first-order chi connectivity index (χ1) is 25.0. The molecule has 0 radical (unpaired) electrons. The third-order valence-electron chi connectivity index (χ3n) is 10.4. The van der Waals surface area contributed by atoms with Gasteiger partial charge in [-0.05, 0) is 51.4 Å². The van der Waals surface area contributed by atoms with E-state index in [4.69, 9.17) is 0 Å². The zero-order valence-electron chi connectivity index (χ0n) is 33.9. The normalized spacial score (nSPS) is 14.4.